The summed E-state index contributed by atoms with van der Waals surface area (Å²) in [5, 5.41) is 10.3. The Hall–Kier alpha value is -1.83. The van der Waals surface area contributed by atoms with Crippen LogP contribution in [0.3, 0.4) is 0 Å². The lowest BCUT2D eigenvalue weighted by Gasteiger charge is -2.13. The van der Waals surface area contributed by atoms with Gasteiger partial charge in [-0.1, -0.05) is 19.1 Å². The van der Waals surface area contributed by atoms with Crippen LogP contribution in [0.25, 0.3) is 0 Å². The van der Waals surface area contributed by atoms with Gasteiger partial charge in [-0.3, -0.25) is 0 Å². The van der Waals surface area contributed by atoms with Crippen molar-refractivity contribution in [3.63, 3.8) is 0 Å². The van der Waals surface area contributed by atoms with E-state index in [1.165, 1.54) is 28.9 Å². The van der Waals surface area contributed by atoms with Crippen molar-refractivity contribution in [1.29, 1.82) is 0 Å². The van der Waals surface area contributed by atoms with Crippen LogP contribution in [0.2, 0.25) is 0 Å². The lowest BCUT2D eigenvalue weighted by molar-refractivity contribution is 0.553. The molecule has 0 spiro atoms. The van der Waals surface area contributed by atoms with Crippen molar-refractivity contribution in [3.8, 4) is 0 Å². The van der Waals surface area contributed by atoms with Gasteiger partial charge in [0.25, 0.3) is 0 Å². The minimum atomic E-state index is -3.48. The number of nitrogens with zero attached hydrogens (tertiary/aromatic N) is 4. The van der Waals surface area contributed by atoms with Crippen molar-refractivity contribution in [2.45, 2.75) is 37.8 Å². The molecule has 21 heavy (non-hydrogen) atoms. The summed E-state index contributed by atoms with van der Waals surface area (Å²) in [5.74, 6) is -0.306. The summed E-state index contributed by atoms with van der Waals surface area (Å²) in [4.78, 5) is 0. The minimum absolute atomic E-state index is 0.238. The minimum Gasteiger partial charge on any atom is -0.229 e. The quantitative estimate of drug-likeness (QED) is 0.814. The number of benzene rings is 1. The van der Waals surface area contributed by atoms with E-state index in [1.54, 1.807) is 6.92 Å². The Morgan fingerprint density at radius 2 is 1.95 bits per heavy atom. The highest BCUT2D eigenvalue weighted by atomic mass is 32.2. The Morgan fingerprint density at radius 1 is 1.29 bits per heavy atom. The first-order valence-electron chi connectivity index (χ1n) is 6.66. The van der Waals surface area contributed by atoms with Gasteiger partial charge in [0.1, 0.15) is 11.6 Å². The number of aromatic nitrogens is 4. The van der Waals surface area contributed by atoms with E-state index in [0.29, 0.717) is 17.9 Å². The van der Waals surface area contributed by atoms with Gasteiger partial charge in [0, 0.05) is 6.54 Å². The van der Waals surface area contributed by atoms with Gasteiger partial charge in [0.2, 0.25) is 0 Å². The highest BCUT2D eigenvalue weighted by Gasteiger charge is 2.25. The fraction of sp³-hybridized carbons (Fsp3) is 0.462. The van der Waals surface area contributed by atoms with Gasteiger partial charge in [-0.05, 0) is 41.5 Å². The second-order valence-electron chi connectivity index (χ2n) is 4.82. The molecule has 1 aromatic heterocycles. The third-order valence-corrected chi connectivity index (χ3v) is 5.26. The molecule has 1 unspecified atom stereocenters. The molecule has 0 fully saturated rings. The van der Waals surface area contributed by atoms with E-state index in [1.807, 2.05) is 6.92 Å². The van der Waals surface area contributed by atoms with Gasteiger partial charge < -0.3 is 0 Å². The van der Waals surface area contributed by atoms with Crippen molar-refractivity contribution >= 4 is 9.84 Å². The molecule has 1 aromatic carbocycles. The molecule has 0 bridgehead atoms. The molecule has 114 valence electrons. The smallest absolute Gasteiger partial charge is 0.166 e. The summed E-state index contributed by atoms with van der Waals surface area (Å²) >= 11 is 0. The van der Waals surface area contributed by atoms with Gasteiger partial charge >= 0.3 is 0 Å². The Bertz CT molecular complexity index is 697. The SMILES string of the molecule is CCCn1nnnc1CS(=O)(=O)C(C)c1ccc(F)cc1. The molecular formula is C13H17FN4O2S. The molecule has 0 amide bonds. The molecule has 0 saturated heterocycles. The first-order chi connectivity index (χ1) is 9.94. The first-order valence-corrected chi connectivity index (χ1v) is 8.37. The van der Waals surface area contributed by atoms with Crippen LogP contribution in [0.5, 0.6) is 0 Å². The van der Waals surface area contributed by atoms with Crippen molar-refractivity contribution in [2.75, 3.05) is 0 Å². The van der Waals surface area contributed by atoms with Crippen molar-refractivity contribution in [3.05, 3.63) is 41.5 Å². The average molecular weight is 312 g/mol. The Balaban J connectivity index is 2.21. The fourth-order valence-electron chi connectivity index (χ4n) is 1.96. The summed E-state index contributed by atoms with van der Waals surface area (Å²) in [6.07, 6.45) is 0.811. The summed E-state index contributed by atoms with van der Waals surface area (Å²) in [6.45, 7) is 4.11. The van der Waals surface area contributed by atoms with Crippen LogP contribution in [-0.4, -0.2) is 28.6 Å². The lowest BCUT2D eigenvalue weighted by atomic mass is 10.2. The zero-order valence-electron chi connectivity index (χ0n) is 11.9. The van der Waals surface area contributed by atoms with Gasteiger partial charge in [-0.25, -0.2) is 17.5 Å². The largest absolute Gasteiger partial charge is 0.229 e. The Kier molecular flexibility index (Phi) is 4.66. The number of sulfone groups is 1. The molecule has 1 heterocycles. The number of halogens is 1. The summed E-state index contributed by atoms with van der Waals surface area (Å²) in [7, 11) is -3.48. The Morgan fingerprint density at radius 3 is 2.57 bits per heavy atom. The molecule has 1 atom stereocenters. The van der Waals surface area contributed by atoms with Gasteiger partial charge in [-0.2, -0.15) is 0 Å². The molecule has 6 nitrogen and oxygen atoms in total. The van der Waals surface area contributed by atoms with E-state index >= 15 is 0 Å². The van der Waals surface area contributed by atoms with Gasteiger partial charge in [-0.15, -0.1) is 5.10 Å². The zero-order valence-corrected chi connectivity index (χ0v) is 12.7. The fourth-order valence-corrected chi connectivity index (χ4v) is 3.35. The van der Waals surface area contributed by atoms with E-state index in [0.717, 1.165) is 6.42 Å². The predicted molar refractivity (Wildman–Crippen MR) is 75.5 cm³/mol. The van der Waals surface area contributed by atoms with Crippen LogP contribution in [0, 0.1) is 5.82 Å². The van der Waals surface area contributed by atoms with Gasteiger partial charge in [0.05, 0.1) is 5.25 Å². The maximum absolute atomic E-state index is 12.9. The number of tetrazole rings is 1. The normalized spacial score (nSPS) is 13.3. The van der Waals surface area contributed by atoms with Crippen LogP contribution in [0.4, 0.5) is 4.39 Å². The summed E-state index contributed by atoms with van der Waals surface area (Å²) in [5.41, 5.74) is 0.547. The molecular weight excluding hydrogens is 295 g/mol. The van der Waals surface area contributed by atoms with E-state index < -0.39 is 20.9 Å². The number of rotatable bonds is 6. The second-order valence-corrected chi connectivity index (χ2v) is 7.14. The molecule has 2 aromatic rings. The standard InChI is InChI=1S/C13H17FN4O2S/c1-3-8-18-13(15-16-17-18)9-21(19,20)10(2)11-4-6-12(14)7-5-11/h4-7,10H,3,8-9H2,1-2H3. The molecule has 0 aliphatic rings. The van der Waals surface area contributed by atoms with Crippen LogP contribution in [0.1, 0.15) is 36.9 Å². The number of hydrogen-bond donors (Lipinski definition) is 0. The highest BCUT2D eigenvalue weighted by molar-refractivity contribution is 7.90. The highest BCUT2D eigenvalue weighted by Crippen LogP contribution is 2.24. The van der Waals surface area contributed by atoms with Gasteiger partial charge in [0.15, 0.2) is 15.7 Å². The number of hydrogen-bond acceptors (Lipinski definition) is 5. The van der Waals surface area contributed by atoms with Crippen molar-refractivity contribution in [1.82, 2.24) is 20.2 Å². The van der Waals surface area contributed by atoms with Crippen molar-refractivity contribution < 1.29 is 12.8 Å². The zero-order chi connectivity index (χ0) is 15.5. The van der Waals surface area contributed by atoms with Crippen LogP contribution in [-0.2, 0) is 22.1 Å². The third kappa shape index (κ3) is 3.63. The molecule has 0 aliphatic heterocycles. The van der Waals surface area contributed by atoms with Crippen LogP contribution in [0.15, 0.2) is 24.3 Å². The Labute approximate surface area is 122 Å². The summed E-state index contributed by atoms with van der Waals surface area (Å²) in [6, 6.07) is 5.46. The van der Waals surface area contributed by atoms with E-state index in [9.17, 15) is 12.8 Å². The monoisotopic (exact) mass is 312 g/mol. The summed E-state index contributed by atoms with van der Waals surface area (Å²) < 4.78 is 39.3. The third-order valence-electron chi connectivity index (χ3n) is 3.25. The maximum atomic E-state index is 12.9. The topological polar surface area (TPSA) is 77.7 Å². The predicted octanol–water partition coefficient (Wildman–Crippen LogP) is 1.90. The maximum Gasteiger partial charge on any atom is 0.166 e. The van der Waals surface area contributed by atoms with Crippen LogP contribution >= 0.6 is 0 Å². The molecule has 8 heteroatoms. The first kappa shape index (κ1) is 15.6. The second kappa shape index (κ2) is 6.30. The molecule has 0 radical (unpaired) electrons. The van der Waals surface area contributed by atoms with E-state index in [2.05, 4.69) is 15.5 Å². The van der Waals surface area contributed by atoms with E-state index in [4.69, 9.17) is 0 Å². The van der Waals surface area contributed by atoms with Crippen LogP contribution < -0.4 is 0 Å². The molecule has 0 saturated carbocycles. The average Bonchev–Trinajstić information content (AvgIpc) is 2.86. The van der Waals surface area contributed by atoms with Crippen molar-refractivity contribution in [2.24, 2.45) is 0 Å². The lowest BCUT2D eigenvalue weighted by Crippen LogP contribution is -2.16. The molecule has 0 N–H and O–H groups in total. The number of aryl methyl sites for hydroxylation is 1. The molecule has 2 rings (SSSR count). The molecule has 0 aliphatic carbocycles. The van der Waals surface area contributed by atoms with E-state index in [-0.39, 0.29) is 5.75 Å².